The number of benzene rings is 1. The average Bonchev–Trinajstić information content (AvgIpc) is 3.09. The first-order valence-corrected chi connectivity index (χ1v) is 8.39. The van der Waals surface area contributed by atoms with Crippen LogP contribution in [-0.2, 0) is 26.2 Å². The van der Waals surface area contributed by atoms with E-state index in [1.807, 2.05) is 25.1 Å². The highest BCUT2D eigenvalue weighted by Gasteiger charge is 2.39. The van der Waals surface area contributed by atoms with Gasteiger partial charge in [0.2, 0.25) is 0 Å². The summed E-state index contributed by atoms with van der Waals surface area (Å²) >= 11 is 0. The van der Waals surface area contributed by atoms with Crippen molar-refractivity contribution in [2.24, 2.45) is 7.05 Å². The lowest BCUT2D eigenvalue weighted by Gasteiger charge is -2.26. The molecule has 2 aromatic rings. The monoisotopic (exact) mass is 353 g/mol. The molecule has 2 atom stereocenters. The maximum atomic E-state index is 13.4. The van der Waals surface area contributed by atoms with E-state index >= 15 is 0 Å². The van der Waals surface area contributed by atoms with Gasteiger partial charge in [-0.25, -0.2) is 0 Å². The molecule has 0 aliphatic carbocycles. The molecule has 1 aliphatic rings. The number of aliphatic hydroxyl groups is 1. The second kappa shape index (κ2) is 6.80. The second-order valence-electron chi connectivity index (χ2n) is 6.55. The van der Waals surface area contributed by atoms with Crippen LogP contribution in [0.1, 0.15) is 41.8 Å². The van der Waals surface area contributed by atoms with Gasteiger partial charge in [0.25, 0.3) is 0 Å². The molecule has 1 fully saturated rings. The third kappa shape index (κ3) is 3.72. The summed E-state index contributed by atoms with van der Waals surface area (Å²) in [6.07, 6.45) is -2.08. The molecule has 0 bridgehead atoms. The lowest BCUT2D eigenvalue weighted by atomic mass is 9.97. The Morgan fingerprint density at radius 2 is 2.00 bits per heavy atom. The Bertz CT molecular complexity index is 741. The van der Waals surface area contributed by atoms with Gasteiger partial charge >= 0.3 is 6.18 Å². The van der Waals surface area contributed by atoms with Crippen LogP contribution in [0.5, 0.6) is 0 Å². The van der Waals surface area contributed by atoms with E-state index in [0.29, 0.717) is 19.5 Å². The van der Waals surface area contributed by atoms with Crippen LogP contribution in [0.25, 0.3) is 0 Å². The van der Waals surface area contributed by atoms with Crippen molar-refractivity contribution in [3.63, 3.8) is 0 Å². The highest BCUT2D eigenvalue weighted by atomic mass is 19.4. The Kier molecular flexibility index (Phi) is 4.88. The van der Waals surface area contributed by atoms with Crippen LogP contribution >= 0.6 is 0 Å². The maximum Gasteiger partial charge on any atom is 0.416 e. The molecule has 3 rings (SSSR count). The molecule has 1 N–H and O–H groups in total. The van der Waals surface area contributed by atoms with Gasteiger partial charge in [-0.1, -0.05) is 25.1 Å². The normalized spacial score (nSPS) is 21.8. The van der Waals surface area contributed by atoms with E-state index in [9.17, 15) is 18.3 Å². The van der Waals surface area contributed by atoms with Crippen molar-refractivity contribution in [2.45, 2.75) is 44.6 Å². The van der Waals surface area contributed by atoms with Crippen molar-refractivity contribution in [3.8, 4) is 0 Å². The van der Waals surface area contributed by atoms with Crippen molar-refractivity contribution in [1.82, 2.24) is 14.7 Å². The van der Waals surface area contributed by atoms with Crippen molar-refractivity contribution in [2.75, 3.05) is 6.54 Å². The topological polar surface area (TPSA) is 41.3 Å². The van der Waals surface area contributed by atoms with E-state index in [1.165, 1.54) is 12.1 Å². The zero-order chi connectivity index (χ0) is 18.2. The van der Waals surface area contributed by atoms with Gasteiger partial charge in [-0.05, 0) is 24.5 Å². The molecule has 0 spiro atoms. The highest BCUT2D eigenvalue weighted by Crippen LogP contribution is 2.41. The minimum atomic E-state index is -4.40. The van der Waals surface area contributed by atoms with Gasteiger partial charge < -0.3 is 5.11 Å². The van der Waals surface area contributed by atoms with E-state index in [-0.39, 0.29) is 5.56 Å². The van der Waals surface area contributed by atoms with Crippen LogP contribution in [0.2, 0.25) is 0 Å². The second-order valence-corrected chi connectivity index (χ2v) is 6.55. The molecule has 25 heavy (non-hydrogen) atoms. The Balaban J connectivity index is 1.93. The number of aromatic nitrogens is 2. The van der Waals surface area contributed by atoms with E-state index in [4.69, 9.17) is 0 Å². The molecule has 1 aromatic heterocycles. The Morgan fingerprint density at radius 1 is 1.28 bits per heavy atom. The SMILES string of the molecule is CCc1nn(C)cc1CN1CC(O)CC1c1ccccc1C(F)(F)F. The molecular weight excluding hydrogens is 331 g/mol. The van der Waals surface area contributed by atoms with Gasteiger partial charge in [-0.3, -0.25) is 9.58 Å². The van der Waals surface area contributed by atoms with Crippen LogP contribution in [-0.4, -0.2) is 32.4 Å². The Hall–Kier alpha value is -1.86. The predicted octanol–water partition coefficient (Wildman–Crippen LogP) is 3.31. The fourth-order valence-corrected chi connectivity index (χ4v) is 3.66. The summed E-state index contributed by atoms with van der Waals surface area (Å²) in [6, 6.07) is 5.19. The molecule has 1 aliphatic heterocycles. The van der Waals surface area contributed by atoms with E-state index < -0.39 is 23.9 Å². The summed E-state index contributed by atoms with van der Waals surface area (Å²) in [7, 11) is 1.83. The van der Waals surface area contributed by atoms with Crippen LogP contribution in [0.3, 0.4) is 0 Å². The molecule has 2 heterocycles. The average molecular weight is 353 g/mol. The minimum Gasteiger partial charge on any atom is -0.392 e. The largest absolute Gasteiger partial charge is 0.416 e. The predicted molar refractivity (Wildman–Crippen MR) is 87.8 cm³/mol. The molecule has 0 amide bonds. The summed E-state index contributed by atoms with van der Waals surface area (Å²) < 4.78 is 41.9. The van der Waals surface area contributed by atoms with Crippen LogP contribution in [0, 0.1) is 0 Å². The fraction of sp³-hybridized carbons (Fsp3) is 0.500. The minimum absolute atomic E-state index is 0.230. The molecule has 1 saturated heterocycles. The Morgan fingerprint density at radius 3 is 2.68 bits per heavy atom. The van der Waals surface area contributed by atoms with Crippen molar-refractivity contribution in [1.29, 1.82) is 0 Å². The maximum absolute atomic E-state index is 13.4. The number of nitrogens with zero attached hydrogens (tertiary/aromatic N) is 3. The molecular formula is C18H22F3N3O. The third-order valence-corrected chi connectivity index (χ3v) is 4.71. The Labute approximate surface area is 144 Å². The number of hydrogen-bond acceptors (Lipinski definition) is 3. The first-order chi connectivity index (χ1) is 11.8. The van der Waals surface area contributed by atoms with E-state index in [1.54, 1.807) is 10.7 Å². The lowest BCUT2D eigenvalue weighted by molar-refractivity contribution is -0.138. The van der Waals surface area contributed by atoms with Crippen molar-refractivity contribution >= 4 is 0 Å². The van der Waals surface area contributed by atoms with Gasteiger partial charge in [0.15, 0.2) is 0 Å². The number of alkyl halides is 3. The number of aryl methyl sites for hydroxylation is 2. The van der Waals surface area contributed by atoms with Crippen LogP contribution in [0.4, 0.5) is 13.2 Å². The van der Waals surface area contributed by atoms with Crippen molar-refractivity contribution < 1.29 is 18.3 Å². The van der Waals surface area contributed by atoms with Crippen LogP contribution < -0.4 is 0 Å². The third-order valence-electron chi connectivity index (χ3n) is 4.71. The number of hydrogen-bond donors (Lipinski definition) is 1. The quantitative estimate of drug-likeness (QED) is 0.917. The summed E-state index contributed by atoms with van der Waals surface area (Å²) in [5.74, 6) is 0. The van der Waals surface area contributed by atoms with Crippen molar-refractivity contribution in [3.05, 3.63) is 52.8 Å². The van der Waals surface area contributed by atoms with Gasteiger partial charge in [0.05, 0.1) is 17.4 Å². The molecule has 4 nitrogen and oxygen atoms in total. The summed E-state index contributed by atoms with van der Waals surface area (Å²) in [5, 5.41) is 14.5. The summed E-state index contributed by atoms with van der Waals surface area (Å²) in [5.41, 5.74) is 1.54. The van der Waals surface area contributed by atoms with Gasteiger partial charge in [-0.2, -0.15) is 18.3 Å². The fourth-order valence-electron chi connectivity index (χ4n) is 3.66. The molecule has 7 heteroatoms. The highest BCUT2D eigenvalue weighted by molar-refractivity contribution is 5.33. The molecule has 1 aromatic carbocycles. The van der Waals surface area contributed by atoms with Gasteiger partial charge in [0.1, 0.15) is 0 Å². The number of aliphatic hydroxyl groups excluding tert-OH is 1. The molecule has 2 unspecified atom stereocenters. The zero-order valence-electron chi connectivity index (χ0n) is 14.3. The molecule has 0 radical (unpaired) electrons. The molecule has 0 saturated carbocycles. The number of rotatable bonds is 4. The smallest absolute Gasteiger partial charge is 0.392 e. The van der Waals surface area contributed by atoms with Crippen LogP contribution in [0.15, 0.2) is 30.5 Å². The zero-order valence-corrected chi connectivity index (χ0v) is 14.3. The number of β-amino-alcohol motifs (C(OH)–C–C–N with tert-alkyl or cyclic N) is 1. The number of likely N-dealkylation sites (tertiary alicyclic amines) is 1. The summed E-state index contributed by atoms with van der Waals surface area (Å²) in [4.78, 5) is 1.92. The number of halogens is 3. The van der Waals surface area contributed by atoms with Gasteiger partial charge in [0, 0.05) is 37.9 Å². The van der Waals surface area contributed by atoms with E-state index in [2.05, 4.69) is 5.10 Å². The first-order valence-electron chi connectivity index (χ1n) is 8.39. The van der Waals surface area contributed by atoms with Gasteiger partial charge in [-0.15, -0.1) is 0 Å². The van der Waals surface area contributed by atoms with E-state index in [0.717, 1.165) is 23.7 Å². The first kappa shape index (κ1) is 17.9. The lowest BCUT2D eigenvalue weighted by Crippen LogP contribution is -2.26. The standard InChI is InChI=1S/C18H22F3N3O/c1-3-16-12(9-23(2)22-16)10-24-11-13(25)8-17(24)14-6-4-5-7-15(14)18(19,20)21/h4-7,9,13,17,25H,3,8,10-11H2,1-2H3. The molecule has 136 valence electrons. The summed E-state index contributed by atoms with van der Waals surface area (Å²) in [6.45, 7) is 2.83.